The monoisotopic (exact) mass is 380 g/mol. The van der Waals surface area contributed by atoms with Crippen LogP contribution in [0.2, 0.25) is 0 Å². The summed E-state index contributed by atoms with van der Waals surface area (Å²) in [4.78, 5) is 28.7. The average Bonchev–Trinajstić information content (AvgIpc) is 2.68. The van der Waals surface area contributed by atoms with Crippen LogP contribution in [0.5, 0.6) is 5.75 Å². The molecule has 28 heavy (non-hydrogen) atoms. The Bertz CT molecular complexity index is 822. The minimum absolute atomic E-state index is 0.0138. The van der Waals surface area contributed by atoms with Gasteiger partial charge in [-0.2, -0.15) is 0 Å². The minimum Gasteiger partial charge on any atom is -0.481 e. The number of benzene rings is 2. The smallest absolute Gasteiger partial charge is 0.263 e. The maximum absolute atomic E-state index is 12.9. The van der Waals surface area contributed by atoms with Crippen LogP contribution >= 0.6 is 0 Å². The van der Waals surface area contributed by atoms with Crippen LogP contribution in [-0.2, 0) is 11.3 Å². The van der Waals surface area contributed by atoms with Crippen LogP contribution < -0.4 is 4.74 Å². The molecule has 5 nitrogen and oxygen atoms in total. The van der Waals surface area contributed by atoms with Crippen LogP contribution in [0.25, 0.3) is 0 Å². The molecule has 0 N–H and O–H groups in total. The number of carbonyl (C=O) groups is 2. The molecule has 0 saturated carbocycles. The third-order valence-corrected chi connectivity index (χ3v) is 5.14. The van der Waals surface area contributed by atoms with Gasteiger partial charge in [-0.3, -0.25) is 14.5 Å². The standard InChI is InChI=1S/C23H28N2O3/c1-17-15-24(16-20-8-5-4-6-9-20)12-13-25(17)23(27)19(3)28-22-11-7-10-21(14-22)18(2)26/h4-11,14,17,19H,12-13,15-16H2,1-3H3. The molecule has 0 bridgehead atoms. The quantitative estimate of drug-likeness (QED) is 0.721. The highest BCUT2D eigenvalue weighted by molar-refractivity contribution is 5.94. The van der Waals surface area contributed by atoms with E-state index in [1.54, 1.807) is 31.2 Å². The lowest BCUT2D eigenvalue weighted by Crippen LogP contribution is -2.56. The minimum atomic E-state index is -0.592. The van der Waals surface area contributed by atoms with Gasteiger partial charge in [-0.1, -0.05) is 42.5 Å². The molecule has 0 aliphatic carbocycles. The molecular formula is C23H28N2O3. The van der Waals surface area contributed by atoms with Crippen LogP contribution in [0.1, 0.15) is 36.7 Å². The fourth-order valence-corrected chi connectivity index (χ4v) is 3.62. The van der Waals surface area contributed by atoms with Gasteiger partial charge in [0.05, 0.1) is 0 Å². The Hall–Kier alpha value is -2.66. The predicted octanol–water partition coefficient (Wildman–Crippen LogP) is 3.39. The van der Waals surface area contributed by atoms with E-state index in [4.69, 9.17) is 4.74 Å². The number of amides is 1. The Kier molecular flexibility index (Phi) is 6.47. The molecule has 0 spiro atoms. The first-order valence-electron chi connectivity index (χ1n) is 9.78. The molecule has 3 rings (SSSR count). The van der Waals surface area contributed by atoms with Gasteiger partial charge in [-0.05, 0) is 38.5 Å². The Balaban J connectivity index is 1.57. The van der Waals surface area contributed by atoms with Crippen molar-refractivity contribution < 1.29 is 14.3 Å². The summed E-state index contributed by atoms with van der Waals surface area (Å²) in [5.74, 6) is 0.511. The Morgan fingerprint density at radius 1 is 1.11 bits per heavy atom. The van der Waals surface area contributed by atoms with Gasteiger partial charge < -0.3 is 9.64 Å². The number of rotatable bonds is 6. The van der Waals surface area contributed by atoms with Crippen molar-refractivity contribution in [2.45, 2.75) is 39.5 Å². The number of hydrogen-bond acceptors (Lipinski definition) is 4. The van der Waals surface area contributed by atoms with E-state index < -0.39 is 6.10 Å². The largest absolute Gasteiger partial charge is 0.481 e. The zero-order valence-electron chi connectivity index (χ0n) is 16.8. The lowest BCUT2D eigenvalue weighted by Gasteiger charge is -2.40. The number of carbonyl (C=O) groups excluding carboxylic acids is 2. The van der Waals surface area contributed by atoms with Gasteiger partial charge in [0, 0.05) is 37.8 Å². The predicted molar refractivity (Wildman–Crippen MR) is 109 cm³/mol. The van der Waals surface area contributed by atoms with E-state index in [-0.39, 0.29) is 17.7 Å². The third-order valence-electron chi connectivity index (χ3n) is 5.14. The summed E-state index contributed by atoms with van der Waals surface area (Å²) in [6, 6.07) is 17.5. The lowest BCUT2D eigenvalue weighted by molar-refractivity contribution is -0.142. The highest BCUT2D eigenvalue weighted by atomic mass is 16.5. The summed E-state index contributed by atoms with van der Waals surface area (Å²) in [6.45, 7) is 8.64. The summed E-state index contributed by atoms with van der Waals surface area (Å²) in [7, 11) is 0. The van der Waals surface area contributed by atoms with E-state index in [1.165, 1.54) is 12.5 Å². The van der Waals surface area contributed by atoms with Crippen molar-refractivity contribution in [1.29, 1.82) is 0 Å². The molecular weight excluding hydrogens is 352 g/mol. The molecule has 0 aromatic heterocycles. The lowest BCUT2D eigenvalue weighted by atomic mass is 10.1. The summed E-state index contributed by atoms with van der Waals surface area (Å²) < 4.78 is 5.83. The first-order valence-corrected chi connectivity index (χ1v) is 9.78. The molecule has 1 aliphatic heterocycles. The van der Waals surface area contributed by atoms with E-state index in [2.05, 4.69) is 36.1 Å². The number of piperazine rings is 1. The summed E-state index contributed by atoms with van der Waals surface area (Å²) >= 11 is 0. The number of Topliss-reactive ketones (excluding diaryl/α,β-unsaturated/α-hetero) is 1. The Morgan fingerprint density at radius 2 is 1.86 bits per heavy atom. The highest BCUT2D eigenvalue weighted by Crippen LogP contribution is 2.19. The fourth-order valence-electron chi connectivity index (χ4n) is 3.62. The van der Waals surface area contributed by atoms with Crippen molar-refractivity contribution in [2.24, 2.45) is 0 Å². The van der Waals surface area contributed by atoms with Crippen LogP contribution in [0.15, 0.2) is 54.6 Å². The van der Waals surface area contributed by atoms with Gasteiger partial charge in [0.2, 0.25) is 0 Å². The Morgan fingerprint density at radius 3 is 2.54 bits per heavy atom. The first-order chi connectivity index (χ1) is 13.4. The van der Waals surface area contributed by atoms with E-state index >= 15 is 0 Å². The highest BCUT2D eigenvalue weighted by Gasteiger charge is 2.31. The Labute approximate surface area is 166 Å². The molecule has 5 heteroatoms. The second-order valence-electron chi connectivity index (χ2n) is 7.45. The molecule has 1 aliphatic rings. The zero-order chi connectivity index (χ0) is 20.1. The molecule has 148 valence electrons. The van der Waals surface area contributed by atoms with Crippen LogP contribution in [0.3, 0.4) is 0 Å². The van der Waals surface area contributed by atoms with Gasteiger partial charge in [0.15, 0.2) is 11.9 Å². The molecule has 1 fully saturated rings. The van der Waals surface area contributed by atoms with Crippen molar-refractivity contribution >= 4 is 11.7 Å². The van der Waals surface area contributed by atoms with Crippen molar-refractivity contribution in [3.05, 3.63) is 65.7 Å². The second-order valence-corrected chi connectivity index (χ2v) is 7.45. The number of ether oxygens (including phenoxy) is 1. The topological polar surface area (TPSA) is 49.9 Å². The molecule has 2 atom stereocenters. The SMILES string of the molecule is CC(=O)c1cccc(OC(C)C(=O)N2CCN(Cc3ccccc3)CC2C)c1. The first kappa shape index (κ1) is 20.1. The molecule has 2 aromatic carbocycles. The maximum Gasteiger partial charge on any atom is 0.263 e. The summed E-state index contributed by atoms with van der Waals surface area (Å²) in [6.07, 6.45) is -0.592. The van der Waals surface area contributed by atoms with Crippen LogP contribution in [0.4, 0.5) is 0 Å². The normalized spacial score (nSPS) is 18.5. The van der Waals surface area contributed by atoms with Gasteiger partial charge in [-0.25, -0.2) is 0 Å². The molecule has 1 amide bonds. The van der Waals surface area contributed by atoms with Crippen molar-refractivity contribution in [3.8, 4) is 5.75 Å². The molecule has 2 aromatic rings. The molecule has 2 unspecified atom stereocenters. The second kappa shape index (κ2) is 9.02. The van der Waals surface area contributed by atoms with E-state index in [0.29, 0.717) is 17.9 Å². The van der Waals surface area contributed by atoms with Crippen molar-refractivity contribution in [1.82, 2.24) is 9.80 Å². The number of nitrogens with zero attached hydrogens (tertiary/aromatic N) is 2. The zero-order valence-corrected chi connectivity index (χ0v) is 16.8. The summed E-state index contributed by atoms with van der Waals surface area (Å²) in [5.41, 5.74) is 1.87. The van der Waals surface area contributed by atoms with E-state index in [9.17, 15) is 9.59 Å². The average molecular weight is 380 g/mol. The van der Waals surface area contributed by atoms with Crippen LogP contribution in [-0.4, -0.2) is 53.3 Å². The molecule has 0 radical (unpaired) electrons. The molecule has 1 saturated heterocycles. The van der Waals surface area contributed by atoms with Gasteiger partial charge in [0.25, 0.3) is 5.91 Å². The van der Waals surface area contributed by atoms with Gasteiger partial charge in [0.1, 0.15) is 5.75 Å². The van der Waals surface area contributed by atoms with Crippen molar-refractivity contribution in [3.63, 3.8) is 0 Å². The van der Waals surface area contributed by atoms with E-state index in [1.807, 2.05) is 11.0 Å². The number of ketones is 1. The van der Waals surface area contributed by atoms with Gasteiger partial charge >= 0.3 is 0 Å². The fraction of sp³-hybridized carbons (Fsp3) is 0.391. The maximum atomic E-state index is 12.9. The van der Waals surface area contributed by atoms with Crippen LogP contribution in [0, 0.1) is 0 Å². The summed E-state index contributed by atoms with van der Waals surface area (Å²) in [5, 5.41) is 0. The van der Waals surface area contributed by atoms with Crippen molar-refractivity contribution in [2.75, 3.05) is 19.6 Å². The molecule has 1 heterocycles. The third kappa shape index (κ3) is 4.98. The van der Waals surface area contributed by atoms with E-state index in [0.717, 1.165) is 19.6 Å². The number of hydrogen-bond donors (Lipinski definition) is 0. The van der Waals surface area contributed by atoms with Gasteiger partial charge in [-0.15, -0.1) is 0 Å².